The number of benzene rings is 2. The van der Waals surface area contributed by atoms with Crippen LogP contribution in [0.25, 0.3) is 0 Å². The van der Waals surface area contributed by atoms with Crippen LogP contribution >= 0.6 is 0 Å². The zero-order chi connectivity index (χ0) is 20.1. The van der Waals surface area contributed by atoms with Crippen LogP contribution in [0, 0.1) is 6.92 Å². The monoisotopic (exact) mass is 384 g/mol. The van der Waals surface area contributed by atoms with Gasteiger partial charge >= 0.3 is 0 Å². The van der Waals surface area contributed by atoms with E-state index in [2.05, 4.69) is 24.7 Å². The van der Waals surface area contributed by atoms with E-state index in [0.29, 0.717) is 17.2 Å². The van der Waals surface area contributed by atoms with Crippen molar-refractivity contribution in [3.8, 4) is 17.2 Å². The van der Waals surface area contributed by atoms with Crippen LogP contribution in [0.3, 0.4) is 0 Å². The van der Waals surface area contributed by atoms with Crippen molar-refractivity contribution < 1.29 is 23.8 Å². The van der Waals surface area contributed by atoms with E-state index in [9.17, 15) is 9.59 Å². The van der Waals surface area contributed by atoms with Crippen molar-refractivity contribution >= 4 is 11.8 Å². The summed E-state index contributed by atoms with van der Waals surface area (Å²) in [7, 11) is 0. The molecular formula is C21H24N2O5. The number of aryl methyl sites for hydroxylation is 1. The van der Waals surface area contributed by atoms with Crippen molar-refractivity contribution in [2.75, 3.05) is 13.2 Å². The highest BCUT2D eigenvalue weighted by Gasteiger charge is 2.27. The van der Waals surface area contributed by atoms with Crippen LogP contribution in [0.2, 0.25) is 0 Å². The van der Waals surface area contributed by atoms with Crippen LogP contribution in [-0.2, 0) is 9.59 Å². The minimum Gasteiger partial charge on any atom is -0.485 e. The van der Waals surface area contributed by atoms with Crippen molar-refractivity contribution in [1.82, 2.24) is 10.9 Å². The topological polar surface area (TPSA) is 85.9 Å². The summed E-state index contributed by atoms with van der Waals surface area (Å²) in [5.74, 6) is 1.04. The van der Waals surface area contributed by atoms with E-state index in [1.807, 2.05) is 31.2 Å². The number of nitrogens with one attached hydrogen (secondary N) is 2. The molecule has 1 heterocycles. The molecular weight excluding hydrogens is 360 g/mol. The molecule has 1 atom stereocenters. The molecule has 0 fully saturated rings. The molecule has 2 aromatic rings. The number of hydrogen-bond donors (Lipinski definition) is 2. The SMILES string of the molecule is Cc1ccc(C(C)C)c(OCC(=O)NNC(=O)[C@H]2COc3ccccc3O2)c1. The standard InChI is InChI=1S/C21H24N2O5/c1-13(2)15-9-8-14(3)10-18(15)27-12-20(24)22-23-21(25)19-11-26-16-6-4-5-7-17(16)28-19/h4-10,13,19H,11-12H2,1-3H3,(H,22,24)(H,23,25)/t19-/m1/s1. The van der Waals surface area contributed by atoms with Crippen molar-refractivity contribution in [2.24, 2.45) is 0 Å². The van der Waals surface area contributed by atoms with Crippen LogP contribution in [0.15, 0.2) is 42.5 Å². The highest BCUT2D eigenvalue weighted by molar-refractivity contribution is 5.85. The lowest BCUT2D eigenvalue weighted by molar-refractivity contribution is -0.135. The van der Waals surface area contributed by atoms with E-state index in [-0.39, 0.29) is 19.1 Å². The highest BCUT2D eigenvalue weighted by Crippen LogP contribution is 2.31. The first-order valence-corrected chi connectivity index (χ1v) is 9.14. The minimum atomic E-state index is -0.847. The minimum absolute atomic E-state index is 0.0657. The van der Waals surface area contributed by atoms with Gasteiger partial charge in [0.1, 0.15) is 12.4 Å². The largest absolute Gasteiger partial charge is 0.485 e. The number of carbonyl (C=O) groups is 2. The number of hydrogen-bond acceptors (Lipinski definition) is 5. The third-order valence-electron chi connectivity index (χ3n) is 4.28. The smallest absolute Gasteiger partial charge is 0.283 e. The molecule has 2 aromatic carbocycles. The van der Waals surface area contributed by atoms with Gasteiger partial charge in [0.25, 0.3) is 11.8 Å². The summed E-state index contributed by atoms with van der Waals surface area (Å²) in [6, 6.07) is 13.0. The Bertz CT molecular complexity index is 866. The van der Waals surface area contributed by atoms with E-state index in [1.165, 1.54) is 0 Å². The molecule has 1 aliphatic heterocycles. The number of fused-ring (bicyclic) bond motifs is 1. The van der Waals surface area contributed by atoms with Gasteiger partial charge in [0.2, 0.25) is 6.10 Å². The van der Waals surface area contributed by atoms with Crippen molar-refractivity contribution in [1.29, 1.82) is 0 Å². The van der Waals surface area contributed by atoms with Gasteiger partial charge < -0.3 is 14.2 Å². The third kappa shape index (κ3) is 4.73. The number of rotatable bonds is 5. The van der Waals surface area contributed by atoms with E-state index in [1.54, 1.807) is 18.2 Å². The maximum Gasteiger partial charge on any atom is 0.283 e. The first kappa shape index (κ1) is 19.5. The average molecular weight is 384 g/mol. The normalized spacial score (nSPS) is 15.1. The van der Waals surface area contributed by atoms with Crippen LogP contribution in [0.5, 0.6) is 17.2 Å². The van der Waals surface area contributed by atoms with Crippen molar-refractivity contribution in [3.05, 3.63) is 53.6 Å². The third-order valence-corrected chi connectivity index (χ3v) is 4.28. The summed E-state index contributed by atoms with van der Waals surface area (Å²) < 4.78 is 16.7. The summed E-state index contributed by atoms with van der Waals surface area (Å²) in [4.78, 5) is 24.2. The zero-order valence-electron chi connectivity index (χ0n) is 16.2. The van der Waals surface area contributed by atoms with Crippen molar-refractivity contribution in [2.45, 2.75) is 32.8 Å². The molecule has 0 radical (unpaired) electrons. The van der Waals surface area contributed by atoms with Gasteiger partial charge in [0.05, 0.1) is 0 Å². The van der Waals surface area contributed by atoms with E-state index in [4.69, 9.17) is 14.2 Å². The Labute approximate surface area is 164 Å². The number of para-hydroxylation sites is 2. The lowest BCUT2D eigenvalue weighted by Crippen LogP contribution is -2.51. The predicted octanol–water partition coefficient (Wildman–Crippen LogP) is 2.48. The molecule has 7 nitrogen and oxygen atoms in total. The maximum absolute atomic E-state index is 12.2. The molecule has 148 valence electrons. The first-order chi connectivity index (χ1) is 13.4. The Hall–Kier alpha value is -3.22. The van der Waals surface area contributed by atoms with Crippen LogP contribution < -0.4 is 25.1 Å². The fraction of sp³-hybridized carbons (Fsp3) is 0.333. The van der Waals surface area contributed by atoms with Gasteiger partial charge in [-0.1, -0.05) is 38.1 Å². The number of amides is 2. The molecule has 0 bridgehead atoms. The Balaban J connectivity index is 1.49. The van der Waals surface area contributed by atoms with Crippen LogP contribution in [-0.4, -0.2) is 31.1 Å². The molecule has 0 spiro atoms. The van der Waals surface area contributed by atoms with Gasteiger partial charge in [-0.15, -0.1) is 0 Å². The molecule has 0 aromatic heterocycles. The summed E-state index contributed by atoms with van der Waals surface area (Å²) in [5, 5.41) is 0. The predicted molar refractivity (Wildman–Crippen MR) is 103 cm³/mol. The number of ether oxygens (including phenoxy) is 3. The summed E-state index contributed by atoms with van der Waals surface area (Å²) in [6.45, 7) is 5.93. The molecule has 0 saturated heterocycles. The summed E-state index contributed by atoms with van der Waals surface area (Å²) in [5.41, 5.74) is 6.75. The molecule has 7 heteroatoms. The van der Waals surface area contributed by atoms with Gasteiger partial charge in [0.15, 0.2) is 18.1 Å². The molecule has 0 saturated carbocycles. The summed E-state index contributed by atoms with van der Waals surface area (Å²) >= 11 is 0. The lowest BCUT2D eigenvalue weighted by atomic mass is 10.0. The molecule has 3 rings (SSSR count). The Kier molecular flexibility index (Phi) is 6.03. The van der Waals surface area contributed by atoms with Gasteiger partial charge in [-0.05, 0) is 42.2 Å². The fourth-order valence-corrected chi connectivity index (χ4v) is 2.78. The van der Waals surface area contributed by atoms with Gasteiger partial charge in [-0.3, -0.25) is 20.4 Å². The van der Waals surface area contributed by atoms with Crippen LogP contribution in [0.4, 0.5) is 0 Å². The maximum atomic E-state index is 12.2. The second kappa shape index (κ2) is 8.65. The highest BCUT2D eigenvalue weighted by atomic mass is 16.6. The summed E-state index contributed by atoms with van der Waals surface area (Å²) in [6.07, 6.45) is -0.847. The van der Waals surface area contributed by atoms with Crippen LogP contribution in [0.1, 0.15) is 30.9 Å². The quantitative estimate of drug-likeness (QED) is 0.774. The van der Waals surface area contributed by atoms with E-state index >= 15 is 0 Å². The molecule has 0 unspecified atom stereocenters. The number of carbonyl (C=O) groups excluding carboxylic acids is 2. The molecule has 2 amide bonds. The second-order valence-corrected chi connectivity index (χ2v) is 6.89. The Morgan fingerprint density at radius 3 is 2.64 bits per heavy atom. The Morgan fingerprint density at radius 1 is 1.14 bits per heavy atom. The number of hydrazine groups is 1. The molecule has 2 N–H and O–H groups in total. The Morgan fingerprint density at radius 2 is 1.89 bits per heavy atom. The van der Waals surface area contributed by atoms with E-state index in [0.717, 1.165) is 11.1 Å². The van der Waals surface area contributed by atoms with Crippen molar-refractivity contribution in [3.63, 3.8) is 0 Å². The zero-order valence-corrected chi connectivity index (χ0v) is 16.2. The van der Waals surface area contributed by atoms with Gasteiger partial charge in [-0.25, -0.2) is 0 Å². The molecule has 28 heavy (non-hydrogen) atoms. The van der Waals surface area contributed by atoms with E-state index < -0.39 is 17.9 Å². The molecule has 0 aliphatic carbocycles. The first-order valence-electron chi connectivity index (χ1n) is 9.14. The fourth-order valence-electron chi connectivity index (χ4n) is 2.78. The second-order valence-electron chi connectivity index (χ2n) is 6.89. The average Bonchev–Trinajstić information content (AvgIpc) is 2.69. The van der Waals surface area contributed by atoms with Gasteiger partial charge in [0, 0.05) is 0 Å². The lowest BCUT2D eigenvalue weighted by Gasteiger charge is -2.25. The van der Waals surface area contributed by atoms with Gasteiger partial charge in [-0.2, -0.15) is 0 Å². The molecule has 1 aliphatic rings.